The summed E-state index contributed by atoms with van der Waals surface area (Å²) in [7, 11) is 0. The van der Waals surface area contributed by atoms with Crippen LogP contribution in [0.15, 0.2) is 237 Å². The molecule has 13 aromatic rings. The maximum atomic E-state index is 5.45. The Labute approximate surface area is 397 Å². The van der Waals surface area contributed by atoms with Crippen LogP contribution in [-0.2, 0) is 0 Å². The highest BCUT2D eigenvalue weighted by atomic mass is 32.1. The van der Waals surface area contributed by atoms with Gasteiger partial charge in [-0.25, -0.2) is 15.0 Å². The van der Waals surface area contributed by atoms with Gasteiger partial charge < -0.3 is 4.57 Å². The van der Waals surface area contributed by atoms with Crippen molar-refractivity contribution in [3.63, 3.8) is 0 Å². The van der Waals surface area contributed by atoms with E-state index in [4.69, 9.17) is 19.9 Å². The maximum Gasteiger partial charge on any atom is 0.166 e. The maximum absolute atomic E-state index is 5.45. The number of fused-ring (bicyclic) bond motifs is 6. The SMILES string of the molecule is c1ccc(-c2nc(-c3ccccc3)nc(-c3cc(-c4c(-c5ccccc5)cccc4-c4ccccc4)cnc3-c3ccc4c(c3)sc3cc5c6ccccc6n(-c6ccccc6)c5cc34)n2)cc1. The van der Waals surface area contributed by atoms with Gasteiger partial charge in [-0.2, -0.15) is 0 Å². The fourth-order valence-corrected chi connectivity index (χ4v) is 10.9. The Balaban J connectivity index is 1.05. The van der Waals surface area contributed by atoms with Crippen molar-refractivity contribution in [1.82, 2.24) is 24.5 Å². The van der Waals surface area contributed by atoms with Gasteiger partial charge in [-0.3, -0.25) is 4.98 Å². The van der Waals surface area contributed by atoms with E-state index in [9.17, 15) is 0 Å². The van der Waals surface area contributed by atoms with E-state index >= 15 is 0 Å². The molecule has 4 aromatic heterocycles. The zero-order valence-corrected chi connectivity index (χ0v) is 37.5. The molecule has 0 aliphatic carbocycles. The van der Waals surface area contributed by atoms with Gasteiger partial charge in [0.05, 0.1) is 16.7 Å². The van der Waals surface area contributed by atoms with Crippen LogP contribution in [0, 0.1) is 0 Å². The first-order chi connectivity index (χ1) is 33.7. The molecule has 0 unspecified atom stereocenters. The van der Waals surface area contributed by atoms with Crippen molar-refractivity contribution in [2.24, 2.45) is 0 Å². The van der Waals surface area contributed by atoms with Crippen LogP contribution in [-0.4, -0.2) is 24.5 Å². The highest BCUT2D eigenvalue weighted by molar-refractivity contribution is 7.26. The number of aromatic nitrogens is 5. The standard InChI is InChI=1S/C62H39N5S/c1-6-19-40(20-7-1)47-30-18-31-48(41-21-8-2-9-22-41)58(47)45-35-53(62-65-60(42-23-10-3-11-24-42)64-61(66-62)43-25-12-4-13-26-43)59(63-39-45)44-33-34-50-52-37-55-51(38-57(52)68-56(50)36-44)49-29-16-17-32-54(49)67(55)46-27-14-5-15-28-46/h1-39H. The summed E-state index contributed by atoms with van der Waals surface area (Å²) in [5, 5.41) is 4.93. The highest BCUT2D eigenvalue weighted by Gasteiger charge is 2.22. The molecule has 0 atom stereocenters. The molecule has 318 valence electrons. The highest BCUT2D eigenvalue weighted by Crippen LogP contribution is 2.45. The lowest BCUT2D eigenvalue weighted by Gasteiger charge is -2.18. The Morgan fingerprint density at radius 3 is 1.50 bits per heavy atom. The van der Waals surface area contributed by atoms with Crippen LogP contribution in [0.5, 0.6) is 0 Å². The Bertz CT molecular complexity index is 3880. The topological polar surface area (TPSA) is 56.5 Å². The van der Waals surface area contributed by atoms with Crippen molar-refractivity contribution in [2.75, 3.05) is 0 Å². The summed E-state index contributed by atoms with van der Waals surface area (Å²) >= 11 is 1.82. The monoisotopic (exact) mass is 885 g/mol. The number of hydrogen-bond donors (Lipinski definition) is 0. The van der Waals surface area contributed by atoms with Crippen molar-refractivity contribution < 1.29 is 0 Å². The largest absolute Gasteiger partial charge is 0.309 e. The second-order valence-corrected chi connectivity index (χ2v) is 18.1. The summed E-state index contributed by atoms with van der Waals surface area (Å²) in [6.45, 7) is 0. The molecule has 0 aliphatic heterocycles. The second kappa shape index (κ2) is 16.5. The van der Waals surface area contributed by atoms with Gasteiger partial charge in [0.15, 0.2) is 17.5 Å². The van der Waals surface area contributed by atoms with Crippen LogP contribution in [0.25, 0.3) is 126 Å². The molecule has 0 bridgehead atoms. The fourth-order valence-electron chi connectivity index (χ4n) is 9.75. The molecule has 5 nitrogen and oxygen atoms in total. The second-order valence-electron chi connectivity index (χ2n) is 17.0. The molecule has 4 heterocycles. The predicted molar refractivity (Wildman–Crippen MR) is 283 cm³/mol. The Hall–Kier alpha value is -8.84. The molecule has 0 radical (unpaired) electrons. The molecule has 13 rings (SSSR count). The third-order valence-corrected chi connectivity index (χ3v) is 14.0. The molecule has 0 saturated carbocycles. The predicted octanol–water partition coefficient (Wildman–Crippen LogP) is 16.4. The first kappa shape index (κ1) is 39.5. The molecule has 9 aromatic carbocycles. The van der Waals surface area contributed by atoms with Gasteiger partial charge in [0.2, 0.25) is 0 Å². The van der Waals surface area contributed by atoms with Crippen molar-refractivity contribution in [1.29, 1.82) is 0 Å². The van der Waals surface area contributed by atoms with E-state index in [2.05, 4.69) is 199 Å². The van der Waals surface area contributed by atoms with Gasteiger partial charge in [-0.05, 0) is 70.3 Å². The van der Waals surface area contributed by atoms with Crippen LogP contribution in [0.4, 0.5) is 0 Å². The van der Waals surface area contributed by atoms with Gasteiger partial charge in [0.1, 0.15) is 0 Å². The fraction of sp³-hybridized carbons (Fsp3) is 0. The number of benzene rings is 9. The summed E-state index contributed by atoms with van der Waals surface area (Å²) in [6, 6.07) is 81.2. The van der Waals surface area contributed by atoms with Crippen LogP contribution >= 0.6 is 11.3 Å². The molecule has 0 aliphatic rings. The number of thiophene rings is 1. The molecule has 0 fully saturated rings. The van der Waals surface area contributed by atoms with Crippen molar-refractivity contribution in [3.05, 3.63) is 237 Å². The molecule has 0 amide bonds. The molecule has 0 saturated heterocycles. The van der Waals surface area contributed by atoms with Crippen molar-refractivity contribution in [2.45, 2.75) is 0 Å². The average Bonchev–Trinajstić information content (AvgIpc) is 3.95. The van der Waals surface area contributed by atoms with Crippen LogP contribution in [0.2, 0.25) is 0 Å². The summed E-state index contributed by atoms with van der Waals surface area (Å²) < 4.78 is 4.82. The minimum atomic E-state index is 0.549. The number of para-hydroxylation sites is 2. The van der Waals surface area contributed by atoms with E-state index in [1.807, 2.05) is 53.9 Å². The van der Waals surface area contributed by atoms with E-state index in [-0.39, 0.29) is 0 Å². The van der Waals surface area contributed by atoms with Crippen LogP contribution < -0.4 is 0 Å². The normalized spacial score (nSPS) is 11.5. The zero-order valence-electron chi connectivity index (χ0n) is 36.7. The lowest BCUT2D eigenvalue weighted by atomic mass is 9.87. The van der Waals surface area contributed by atoms with Gasteiger partial charge in [-0.15, -0.1) is 11.3 Å². The third kappa shape index (κ3) is 6.86. The number of nitrogens with zero attached hydrogens (tertiary/aromatic N) is 5. The third-order valence-electron chi connectivity index (χ3n) is 12.9. The molecule has 0 N–H and O–H groups in total. The van der Waals surface area contributed by atoms with Gasteiger partial charge in [-0.1, -0.05) is 188 Å². The van der Waals surface area contributed by atoms with Crippen LogP contribution in [0.3, 0.4) is 0 Å². The summed E-state index contributed by atoms with van der Waals surface area (Å²) in [5.41, 5.74) is 14.5. The number of rotatable bonds is 8. The summed E-state index contributed by atoms with van der Waals surface area (Å²) in [4.78, 5) is 21.1. The lowest BCUT2D eigenvalue weighted by Crippen LogP contribution is -2.02. The average molecular weight is 886 g/mol. The van der Waals surface area contributed by atoms with E-state index < -0.39 is 0 Å². The Kier molecular flexibility index (Phi) is 9.62. The zero-order chi connectivity index (χ0) is 45.0. The van der Waals surface area contributed by atoms with Crippen molar-refractivity contribution >= 4 is 53.3 Å². The van der Waals surface area contributed by atoms with Crippen molar-refractivity contribution in [3.8, 4) is 84.5 Å². The van der Waals surface area contributed by atoms with E-state index in [1.54, 1.807) is 0 Å². The van der Waals surface area contributed by atoms with E-state index in [0.29, 0.717) is 17.5 Å². The quantitative estimate of drug-likeness (QED) is 0.153. The van der Waals surface area contributed by atoms with E-state index in [1.165, 1.54) is 42.0 Å². The lowest BCUT2D eigenvalue weighted by molar-refractivity contribution is 1.07. The summed E-state index contributed by atoms with van der Waals surface area (Å²) in [5.74, 6) is 1.74. The molecule has 68 heavy (non-hydrogen) atoms. The van der Waals surface area contributed by atoms with Gasteiger partial charge in [0, 0.05) is 70.6 Å². The molecule has 6 heteroatoms. The van der Waals surface area contributed by atoms with Gasteiger partial charge in [0.25, 0.3) is 0 Å². The van der Waals surface area contributed by atoms with E-state index in [0.717, 1.165) is 67.0 Å². The molecular formula is C62H39N5S. The summed E-state index contributed by atoms with van der Waals surface area (Å²) in [6.07, 6.45) is 2.03. The molecule has 0 spiro atoms. The van der Waals surface area contributed by atoms with Gasteiger partial charge >= 0.3 is 0 Å². The minimum absolute atomic E-state index is 0.549. The Morgan fingerprint density at radius 2 is 0.868 bits per heavy atom. The number of pyridine rings is 1. The first-order valence-corrected chi connectivity index (χ1v) is 23.6. The minimum Gasteiger partial charge on any atom is -0.309 e. The van der Waals surface area contributed by atoms with Crippen LogP contribution in [0.1, 0.15) is 0 Å². The first-order valence-electron chi connectivity index (χ1n) is 22.8. The molecular weight excluding hydrogens is 847 g/mol. The number of hydrogen-bond acceptors (Lipinski definition) is 5. The Morgan fingerprint density at radius 1 is 0.324 bits per heavy atom. The smallest absolute Gasteiger partial charge is 0.166 e.